The van der Waals surface area contributed by atoms with Crippen LogP contribution in [-0.2, 0) is 0 Å². The topological polar surface area (TPSA) is 86.8 Å². The lowest BCUT2D eigenvalue weighted by Crippen LogP contribution is -2.19. The van der Waals surface area contributed by atoms with Gasteiger partial charge in [0, 0.05) is 0 Å². The lowest BCUT2D eigenvalue weighted by atomic mass is 10.4. The smallest absolute Gasteiger partial charge is 0.278 e. The Bertz CT molecular complexity index is 578. The molecule has 2 aromatic rings. The van der Waals surface area contributed by atoms with E-state index < -0.39 is 5.56 Å². The van der Waals surface area contributed by atoms with Crippen LogP contribution in [0.1, 0.15) is 5.56 Å². The Hall–Kier alpha value is -1.81. The van der Waals surface area contributed by atoms with E-state index in [1.807, 2.05) is 6.07 Å². The fourth-order valence-electron chi connectivity index (χ4n) is 1.08. The number of H-pyrrole nitrogens is 1. The normalized spacial score (nSPS) is 10.3. The van der Waals surface area contributed by atoms with Crippen LogP contribution in [0.25, 0.3) is 5.78 Å². The van der Waals surface area contributed by atoms with Crippen LogP contribution in [0, 0.1) is 11.3 Å². The molecule has 0 amide bonds. The summed E-state index contributed by atoms with van der Waals surface area (Å²) in [5, 5.41) is 11.8. The second kappa shape index (κ2) is 3.16. The highest BCUT2D eigenvalue weighted by Crippen LogP contribution is 2.13. The van der Waals surface area contributed by atoms with Crippen LogP contribution in [0.2, 0.25) is 0 Å². The molecule has 14 heavy (non-hydrogen) atoms. The van der Waals surface area contributed by atoms with Crippen molar-refractivity contribution in [3.8, 4) is 6.07 Å². The van der Waals surface area contributed by atoms with E-state index in [9.17, 15) is 4.79 Å². The van der Waals surface area contributed by atoms with Crippen LogP contribution in [-0.4, -0.2) is 25.8 Å². The molecule has 0 aliphatic heterocycles. The summed E-state index contributed by atoms with van der Waals surface area (Å²) < 4.78 is 1.14. The number of fused-ring (bicyclic) bond motifs is 1. The van der Waals surface area contributed by atoms with Gasteiger partial charge in [-0.1, -0.05) is 0 Å². The highest BCUT2D eigenvalue weighted by atomic mass is 32.2. The van der Waals surface area contributed by atoms with Gasteiger partial charge in [0.1, 0.15) is 17.4 Å². The molecule has 0 fully saturated rings. The van der Waals surface area contributed by atoms with Crippen LogP contribution >= 0.6 is 11.8 Å². The molecule has 0 aliphatic carbocycles. The third kappa shape index (κ3) is 1.08. The van der Waals surface area contributed by atoms with Gasteiger partial charge in [-0.15, -0.1) is 11.8 Å². The van der Waals surface area contributed by atoms with Crippen LogP contribution in [0.3, 0.4) is 0 Å². The maximum absolute atomic E-state index is 11.6. The molecule has 0 aliphatic rings. The molecule has 0 bridgehead atoms. The number of hydrogen-bond donors (Lipinski definition) is 1. The second-order valence-corrected chi connectivity index (χ2v) is 3.23. The molecule has 0 radical (unpaired) electrons. The van der Waals surface area contributed by atoms with Crippen LogP contribution < -0.4 is 5.56 Å². The first-order valence-electron chi connectivity index (χ1n) is 3.68. The predicted octanol–water partition coefficient (Wildman–Crippen LogP) is 0.0112. The van der Waals surface area contributed by atoms with Crippen LogP contribution in [0.15, 0.2) is 16.1 Å². The van der Waals surface area contributed by atoms with Crippen molar-refractivity contribution in [2.24, 2.45) is 0 Å². The van der Waals surface area contributed by atoms with Gasteiger partial charge in [0.05, 0.1) is 0 Å². The number of nitrogens with zero attached hydrogens (tertiary/aromatic N) is 4. The number of thioether (sulfide) groups is 1. The van der Waals surface area contributed by atoms with E-state index in [0.717, 1.165) is 4.52 Å². The van der Waals surface area contributed by atoms with Crippen molar-refractivity contribution >= 4 is 17.5 Å². The van der Waals surface area contributed by atoms with Gasteiger partial charge in [-0.2, -0.15) is 9.78 Å². The molecule has 0 atom stereocenters. The third-order valence-corrected chi connectivity index (χ3v) is 2.39. The summed E-state index contributed by atoms with van der Waals surface area (Å²) in [7, 11) is 0. The van der Waals surface area contributed by atoms with Gasteiger partial charge in [-0.3, -0.25) is 9.89 Å². The molecule has 0 saturated carbocycles. The zero-order valence-electron chi connectivity index (χ0n) is 7.18. The van der Waals surface area contributed by atoms with E-state index in [0.29, 0.717) is 5.03 Å². The molecule has 0 unspecified atom stereocenters. The highest BCUT2D eigenvalue weighted by Gasteiger charge is 2.12. The van der Waals surface area contributed by atoms with Crippen molar-refractivity contribution in [1.82, 2.24) is 19.6 Å². The van der Waals surface area contributed by atoms with Crippen molar-refractivity contribution in [2.45, 2.75) is 5.03 Å². The Morgan fingerprint density at radius 2 is 2.50 bits per heavy atom. The standard InChI is InChI=1S/C7H5N5OS/c1-14-5-4(2-8)6(13)12-7(11-5)9-3-10-12/h3H,1H3,(H,9,10,11). The van der Waals surface area contributed by atoms with E-state index >= 15 is 0 Å². The molecule has 1 N–H and O–H groups in total. The molecule has 2 heterocycles. The predicted molar refractivity (Wildman–Crippen MR) is 50.1 cm³/mol. The van der Waals surface area contributed by atoms with Crippen molar-refractivity contribution in [3.05, 3.63) is 22.2 Å². The SMILES string of the molecule is CSc1nc2nc[nH]n2c(=O)c1C#N. The minimum absolute atomic E-state index is 0.0410. The quantitative estimate of drug-likeness (QED) is 0.525. The largest absolute Gasteiger partial charge is 0.293 e. The monoisotopic (exact) mass is 207 g/mol. The Labute approximate surface area is 82.6 Å². The van der Waals surface area contributed by atoms with Crippen LogP contribution in [0.4, 0.5) is 0 Å². The summed E-state index contributed by atoms with van der Waals surface area (Å²) >= 11 is 1.25. The molecule has 7 heteroatoms. The first-order valence-corrected chi connectivity index (χ1v) is 4.90. The number of rotatable bonds is 1. The molecule has 6 nitrogen and oxygen atoms in total. The zero-order chi connectivity index (χ0) is 10.1. The molecule has 0 saturated heterocycles. The number of aromatic amines is 1. The Morgan fingerprint density at radius 3 is 3.14 bits per heavy atom. The van der Waals surface area contributed by atoms with Gasteiger partial charge >= 0.3 is 0 Å². The summed E-state index contributed by atoms with van der Waals surface area (Å²) in [6.07, 6.45) is 3.11. The average molecular weight is 207 g/mol. The van der Waals surface area contributed by atoms with Gasteiger partial charge < -0.3 is 0 Å². The minimum Gasteiger partial charge on any atom is -0.278 e. The Kier molecular flexibility index (Phi) is 1.98. The van der Waals surface area contributed by atoms with Gasteiger partial charge in [-0.25, -0.2) is 9.97 Å². The third-order valence-electron chi connectivity index (χ3n) is 1.70. The molecule has 0 spiro atoms. The fourth-order valence-corrected chi connectivity index (χ4v) is 1.59. The fraction of sp³-hybridized carbons (Fsp3) is 0.143. The second-order valence-electron chi connectivity index (χ2n) is 2.44. The van der Waals surface area contributed by atoms with E-state index in [4.69, 9.17) is 5.26 Å². The van der Waals surface area contributed by atoms with Crippen molar-refractivity contribution in [2.75, 3.05) is 6.26 Å². The van der Waals surface area contributed by atoms with Crippen molar-refractivity contribution in [1.29, 1.82) is 5.26 Å². The lowest BCUT2D eigenvalue weighted by Gasteiger charge is -1.97. The maximum Gasteiger partial charge on any atom is 0.293 e. The number of aromatic nitrogens is 4. The van der Waals surface area contributed by atoms with Gasteiger partial charge in [0.15, 0.2) is 5.56 Å². The molecule has 0 aromatic carbocycles. The maximum atomic E-state index is 11.6. The number of nitrogens with one attached hydrogen (secondary N) is 1. The summed E-state index contributed by atoms with van der Waals surface area (Å²) in [4.78, 5) is 19.5. The average Bonchev–Trinajstić information content (AvgIpc) is 2.65. The van der Waals surface area contributed by atoms with Gasteiger partial charge in [0.25, 0.3) is 11.3 Å². The summed E-state index contributed by atoms with van der Waals surface area (Å²) in [6.45, 7) is 0. The first-order chi connectivity index (χ1) is 6.77. The molecule has 70 valence electrons. The first kappa shape index (κ1) is 8.77. The molecule has 2 aromatic heterocycles. The van der Waals surface area contributed by atoms with E-state index in [1.54, 1.807) is 6.26 Å². The summed E-state index contributed by atoms with van der Waals surface area (Å²) in [5.74, 6) is 0.276. The molecular weight excluding hydrogens is 202 g/mol. The van der Waals surface area contributed by atoms with E-state index in [1.165, 1.54) is 18.1 Å². The van der Waals surface area contributed by atoms with Gasteiger partial charge in [-0.05, 0) is 6.26 Å². The lowest BCUT2D eigenvalue weighted by molar-refractivity contribution is 0.866. The summed E-state index contributed by atoms with van der Waals surface area (Å²) in [5.41, 5.74) is -0.376. The molecule has 2 rings (SSSR count). The van der Waals surface area contributed by atoms with Crippen molar-refractivity contribution in [3.63, 3.8) is 0 Å². The van der Waals surface area contributed by atoms with E-state index in [2.05, 4.69) is 15.1 Å². The Balaban J connectivity index is 2.95. The highest BCUT2D eigenvalue weighted by molar-refractivity contribution is 7.98. The Morgan fingerprint density at radius 1 is 1.71 bits per heavy atom. The number of hydrogen-bond acceptors (Lipinski definition) is 5. The minimum atomic E-state index is -0.417. The van der Waals surface area contributed by atoms with Gasteiger partial charge in [0.2, 0.25) is 0 Å². The van der Waals surface area contributed by atoms with Crippen molar-refractivity contribution < 1.29 is 0 Å². The zero-order valence-corrected chi connectivity index (χ0v) is 8.00. The number of nitriles is 1. The molecular formula is C7H5N5OS. The van der Waals surface area contributed by atoms with Crippen LogP contribution in [0.5, 0.6) is 0 Å². The summed E-state index contributed by atoms with van der Waals surface area (Å²) in [6, 6.07) is 1.83. The van der Waals surface area contributed by atoms with E-state index in [-0.39, 0.29) is 11.3 Å².